The van der Waals surface area contributed by atoms with Gasteiger partial charge in [0.1, 0.15) is 0 Å². The molecule has 0 heterocycles. The molecule has 20 heavy (non-hydrogen) atoms. The third-order valence-corrected chi connectivity index (χ3v) is 4.30. The smallest absolute Gasteiger partial charge is 0.0453 e. The average Bonchev–Trinajstić information content (AvgIpc) is 2.32. The van der Waals surface area contributed by atoms with Crippen LogP contribution in [-0.4, -0.2) is 0 Å². The summed E-state index contributed by atoms with van der Waals surface area (Å²) in [5, 5.41) is 1.35. The monoisotopic (exact) mass is 307 g/mol. The van der Waals surface area contributed by atoms with Crippen molar-refractivity contribution < 1.29 is 0 Å². The van der Waals surface area contributed by atoms with Crippen LogP contribution >= 0.6 is 23.2 Å². The Kier molecular flexibility index (Phi) is 4.74. The van der Waals surface area contributed by atoms with Crippen molar-refractivity contribution in [2.24, 2.45) is 5.73 Å². The molecule has 1 nitrogen and oxygen atoms in total. The van der Waals surface area contributed by atoms with E-state index in [-0.39, 0.29) is 6.04 Å². The molecule has 106 valence electrons. The Bertz CT molecular complexity index is 592. The molecule has 0 fully saturated rings. The molecule has 2 aromatic rings. The predicted molar refractivity (Wildman–Crippen MR) is 87.7 cm³/mol. The highest BCUT2D eigenvalue weighted by Gasteiger charge is 2.16. The highest BCUT2D eigenvalue weighted by atomic mass is 35.5. The maximum absolute atomic E-state index is 6.40. The lowest BCUT2D eigenvalue weighted by atomic mass is 9.91. The molecule has 0 spiro atoms. The molecule has 0 aromatic heterocycles. The molecular weight excluding hydrogens is 289 g/mol. The van der Waals surface area contributed by atoms with Gasteiger partial charge in [-0.25, -0.2) is 0 Å². The van der Waals surface area contributed by atoms with E-state index in [0.717, 1.165) is 5.56 Å². The number of halogens is 2. The predicted octanol–water partition coefficient (Wildman–Crippen LogP) is 5.16. The number of hydrogen-bond acceptors (Lipinski definition) is 1. The molecule has 0 radical (unpaired) electrons. The van der Waals surface area contributed by atoms with Crippen molar-refractivity contribution in [3.63, 3.8) is 0 Å². The topological polar surface area (TPSA) is 26.0 Å². The number of benzene rings is 2. The van der Waals surface area contributed by atoms with Crippen LogP contribution in [0, 0.1) is 20.8 Å². The van der Waals surface area contributed by atoms with Gasteiger partial charge in [-0.3, -0.25) is 0 Å². The van der Waals surface area contributed by atoms with E-state index in [1.54, 1.807) is 0 Å². The van der Waals surface area contributed by atoms with Crippen LogP contribution in [0.5, 0.6) is 0 Å². The number of hydrogen-bond donors (Lipinski definition) is 1. The van der Waals surface area contributed by atoms with Crippen molar-refractivity contribution in [1.82, 2.24) is 0 Å². The van der Waals surface area contributed by atoms with E-state index >= 15 is 0 Å². The minimum Gasteiger partial charge on any atom is -0.324 e. The minimum atomic E-state index is -0.104. The first-order valence-electron chi connectivity index (χ1n) is 6.66. The molecule has 1 unspecified atom stereocenters. The molecule has 0 aliphatic rings. The molecule has 0 amide bonds. The van der Waals surface area contributed by atoms with Gasteiger partial charge >= 0.3 is 0 Å². The summed E-state index contributed by atoms with van der Waals surface area (Å²) >= 11 is 12.5. The summed E-state index contributed by atoms with van der Waals surface area (Å²) in [6.45, 7) is 6.30. The van der Waals surface area contributed by atoms with Crippen LogP contribution in [0.3, 0.4) is 0 Å². The van der Waals surface area contributed by atoms with Crippen molar-refractivity contribution in [3.8, 4) is 0 Å². The Morgan fingerprint density at radius 3 is 2.00 bits per heavy atom. The maximum atomic E-state index is 6.40. The zero-order chi connectivity index (χ0) is 14.9. The Balaban J connectivity index is 2.36. The summed E-state index contributed by atoms with van der Waals surface area (Å²) in [6.07, 6.45) is 0.642. The molecule has 0 aliphatic heterocycles. The van der Waals surface area contributed by atoms with Crippen molar-refractivity contribution in [2.75, 3.05) is 0 Å². The summed E-state index contributed by atoms with van der Waals surface area (Å²) in [5.74, 6) is 0. The largest absolute Gasteiger partial charge is 0.324 e. The first-order valence-corrected chi connectivity index (χ1v) is 7.42. The van der Waals surface area contributed by atoms with E-state index in [0.29, 0.717) is 16.5 Å². The van der Waals surface area contributed by atoms with Gasteiger partial charge < -0.3 is 5.73 Å². The molecule has 0 saturated heterocycles. The Morgan fingerprint density at radius 2 is 1.50 bits per heavy atom. The van der Waals surface area contributed by atoms with Gasteiger partial charge in [-0.2, -0.15) is 0 Å². The van der Waals surface area contributed by atoms with E-state index in [4.69, 9.17) is 28.9 Å². The first kappa shape index (κ1) is 15.4. The molecule has 0 saturated carbocycles. The van der Waals surface area contributed by atoms with E-state index < -0.39 is 0 Å². The average molecular weight is 308 g/mol. The fourth-order valence-electron chi connectivity index (χ4n) is 2.83. The van der Waals surface area contributed by atoms with E-state index in [2.05, 4.69) is 32.9 Å². The van der Waals surface area contributed by atoms with Crippen molar-refractivity contribution in [1.29, 1.82) is 0 Å². The lowest BCUT2D eigenvalue weighted by Gasteiger charge is -2.19. The molecule has 2 rings (SSSR count). The minimum absolute atomic E-state index is 0.104. The highest BCUT2D eigenvalue weighted by molar-refractivity contribution is 6.36. The normalized spacial score (nSPS) is 12.5. The van der Waals surface area contributed by atoms with Gasteiger partial charge in [0.05, 0.1) is 0 Å². The van der Waals surface area contributed by atoms with Gasteiger partial charge in [0.25, 0.3) is 0 Å². The summed E-state index contributed by atoms with van der Waals surface area (Å²) in [6, 6.07) is 9.77. The number of aryl methyl sites for hydroxylation is 3. The second-order valence-electron chi connectivity index (χ2n) is 5.32. The molecular formula is C17H19Cl2N. The van der Waals surface area contributed by atoms with Crippen LogP contribution in [0.25, 0.3) is 0 Å². The lowest BCUT2D eigenvalue weighted by molar-refractivity contribution is 0.711. The molecule has 0 aliphatic carbocycles. The summed E-state index contributed by atoms with van der Waals surface area (Å²) in [7, 11) is 0. The third kappa shape index (κ3) is 3.17. The Morgan fingerprint density at radius 1 is 1.00 bits per heavy atom. The standard InChI is InChI=1S/C17H19Cl2N/c1-10-7-11(2)17(12(3)8-10)16(20)9-13-14(18)5-4-6-15(13)19/h4-8,16H,9,20H2,1-3H3. The van der Waals surface area contributed by atoms with Crippen molar-refractivity contribution >= 4 is 23.2 Å². The molecule has 0 bridgehead atoms. The van der Waals surface area contributed by atoms with Crippen LogP contribution in [0.1, 0.15) is 33.9 Å². The fourth-order valence-corrected chi connectivity index (χ4v) is 3.38. The van der Waals surface area contributed by atoms with Crippen LogP contribution in [0.4, 0.5) is 0 Å². The zero-order valence-electron chi connectivity index (χ0n) is 12.0. The summed E-state index contributed by atoms with van der Waals surface area (Å²) < 4.78 is 0. The highest BCUT2D eigenvalue weighted by Crippen LogP contribution is 2.30. The van der Waals surface area contributed by atoms with Crippen molar-refractivity contribution in [2.45, 2.75) is 33.2 Å². The molecule has 2 aromatic carbocycles. The van der Waals surface area contributed by atoms with Crippen LogP contribution in [0.15, 0.2) is 30.3 Å². The number of nitrogens with two attached hydrogens (primary N) is 1. The van der Waals surface area contributed by atoms with E-state index in [9.17, 15) is 0 Å². The van der Waals surface area contributed by atoms with Gasteiger partial charge in [-0.1, -0.05) is 47.0 Å². The van der Waals surface area contributed by atoms with Crippen LogP contribution < -0.4 is 5.73 Å². The quantitative estimate of drug-likeness (QED) is 0.832. The molecule has 2 N–H and O–H groups in total. The number of rotatable bonds is 3. The summed E-state index contributed by atoms with van der Waals surface area (Å²) in [4.78, 5) is 0. The first-order chi connectivity index (χ1) is 9.40. The fraction of sp³-hybridized carbons (Fsp3) is 0.294. The van der Waals surface area contributed by atoms with Crippen LogP contribution in [-0.2, 0) is 6.42 Å². The lowest BCUT2D eigenvalue weighted by Crippen LogP contribution is -2.17. The molecule has 1 atom stereocenters. The van der Waals surface area contributed by atoms with Gasteiger partial charge in [-0.05, 0) is 61.6 Å². The van der Waals surface area contributed by atoms with Gasteiger partial charge in [0.2, 0.25) is 0 Å². The van der Waals surface area contributed by atoms with Gasteiger partial charge in [0, 0.05) is 16.1 Å². The van der Waals surface area contributed by atoms with Crippen molar-refractivity contribution in [3.05, 3.63) is 68.2 Å². The molecule has 3 heteroatoms. The van der Waals surface area contributed by atoms with Gasteiger partial charge in [0.15, 0.2) is 0 Å². The van der Waals surface area contributed by atoms with E-state index in [1.807, 2.05) is 18.2 Å². The second-order valence-corrected chi connectivity index (χ2v) is 6.14. The van der Waals surface area contributed by atoms with E-state index in [1.165, 1.54) is 22.3 Å². The SMILES string of the molecule is Cc1cc(C)c(C(N)Cc2c(Cl)cccc2Cl)c(C)c1. The third-order valence-electron chi connectivity index (χ3n) is 3.59. The zero-order valence-corrected chi connectivity index (χ0v) is 13.5. The second kappa shape index (κ2) is 6.17. The maximum Gasteiger partial charge on any atom is 0.0453 e. The Hall–Kier alpha value is -1.02. The van der Waals surface area contributed by atoms with Gasteiger partial charge in [-0.15, -0.1) is 0 Å². The summed E-state index contributed by atoms with van der Waals surface area (Å²) in [5.41, 5.74) is 12.2. The Labute approximate surface area is 130 Å². The van der Waals surface area contributed by atoms with Crippen LogP contribution in [0.2, 0.25) is 10.0 Å².